The van der Waals surface area contributed by atoms with E-state index in [1.54, 1.807) is 11.3 Å². The van der Waals surface area contributed by atoms with Crippen LogP contribution in [0.2, 0.25) is 0 Å². The van der Waals surface area contributed by atoms with E-state index in [9.17, 15) is 8.78 Å². The summed E-state index contributed by atoms with van der Waals surface area (Å²) < 4.78 is 26.6. The minimum atomic E-state index is -0.585. The Morgan fingerprint density at radius 1 is 1.26 bits per heavy atom. The third-order valence-electron chi connectivity index (χ3n) is 2.94. The molecular formula is C14H16F2N2S. The molecule has 2 N–H and O–H groups in total. The van der Waals surface area contributed by atoms with Gasteiger partial charge < -0.3 is 5.73 Å². The highest BCUT2D eigenvalue weighted by atomic mass is 32.1. The quantitative estimate of drug-likeness (QED) is 0.925. The summed E-state index contributed by atoms with van der Waals surface area (Å²) in [6.07, 6.45) is 0.826. The molecule has 19 heavy (non-hydrogen) atoms. The van der Waals surface area contributed by atoms with Gasteiger partial charge in [-0.25, -0.2) is 13.8 Å². The summed E-state index contributed by atoms with van der Waals surface area (Å²) in [5, 5.41) is 0.888. The van der Waals surface area contributed by atoms with Crippen molar-refractivity contribution < 1.29 is 8.78 Å². The van der Waals surface area contributed by atoms with Crippen LogP contribution in [0.1, 0.15) is 29.1 Å². The van der Waals surface area contributed by atoms with Crippen molar-refractivity contribution in [2.45, 2.75) is 26.2 Å². The normalized spacial score (nSPS) is 12.7. The average molecular weight is 282 g/mol. The van der Waals surface area contributed by atoms with Crippen molar-refractivity contribution in [1.29, 1.82) is 0 Å². The van der Waals surface area contributed by atoms with Crippen LogP contribution in [0, 0.1) is 18.6 Å². The monoisotopic (exact) mass is 282 g/mol. The number of aryl methyl sites for hydroxylation is 1. The van der Waals surface area contributed by atoms with E-state index < -0.39 is 11.6 Å². The fourth-order valence-electron chi connectivity index (χ4n) is 2.06. The van der Waals surface area contributed by atoms with E-state index in [1.165, 1.54) is 12.1 Å². The van der Waals surface area contributed by atoms with Crippen molar-refractivity contribution in [1.82, 2.24) is 4.98 Å². The van der Waals surface area contributed by atoms with Crippen molar-refractivity contribution in [2.24, 2.45) is 5.73 Å². The summed E-state index contributed by atoms with van der Waals surface area (Å²) in [6.45, 7) is 4.52. The van der Waals surface area contributed by atoms with E-state index in [-0.39, 0.29) is 5.92 Å². The molecule has 2 nitrogen and oxygen atoms in total. The minimum Gasteiger partial charge on any atom is -0.330 e. The number of aromatic nitrogens is 1. The Kier molecular flexibility index (Phi) is 4.27. The Morgan fingerprint density at radius 3 is 2.47 bits per heavy atom. The smallest absolute Gasteiger partial charge is 0.126 e. The average Bonchev–Trinajstić information content (AvgIpc) is 2.70. The molecule has 1 atom stereocenters. The predicted octanol–water partition coefficient (Wildman–Crippen LogP) is 3.85. The van der Waals surface area contributed by atoms with E-state index >= 15 is 0 Å². The van der Waals surface area contributed by atoms with Crippen LogP contribution >= 0.6 is 11.3 Å². The lowest BCUT2D eigenvalue weighted by molar-refractivity contribution is 0.584. The third kappa shape index (κ3) is 3.16. The number of thiazole rings is 1. The van der Waals surface area contributed by atoms with Gasteiger partial charge in [-0.2, -0.15) is 0 Å². The van der Waals surface area contributed by atoms with Crippen LogP contribution in [0.5, 0.6) is 0 Å². The number of hydrogen-bond donors (Lipinski definition) is 1. The van der Waals surface area contributed by atoms with Gasteiger partial charge in [-0.3, -0.25) is 0 Å². The molecule has 0 aliphatic carbocycles. The van der Waals surface area contributed by atoms with E-state index in [0.29, 0.717) is 17.8 Å². The van der Waals surface area contributed by atoms with Gasteiger partial charge in [0.25, 0.3) is 0 Å². The first-order chi connectivity index (χ1) is 9.01. The van der Waals surface area contributed by atoms with Crippen molar-refractivity contribution in [2.75, 3.05) is 6.54 Å². The van der Waals surface area contributed by atoms with Crippen LogP contribution in [0.3, 0.4) is 0 Å². The molecule has 0 saturated heterocycles. The third-order valence-corrected chi connectivity index (χ3v) is 4.15. The molecule has 0 bridgehead atoms. The topological polar surface area (TPSA) is 38.9 Å². The summed E-state index contributed by atoms with van der Waals surface area (Å²) in [7, 11) is 0. The molecule has 0 fully saturated rings. The zero-order valence-corrected chi connectivity index (χ0v) is 11.7. The Labute approximate surface area is 115 Å². The number of nitrogens with zero attached hydrogens (tertiary/aromatic N) is 1. The molecular weight excluding hydrogens is 266 g/mol. The highest BCUT2D eigenvalue weighted by Crippen LogP contribution is 2.35. The Hall–Kier alpha value is -1.33. The Balaban J connectivity index is 2.49. The zero-order chi connectivity index (χ0) is 14.0. The highest BCUT2D eigenvalue weighted by molar-refractivity contribution is 7.12. The lowest BCUT2D eigenvalue weighted by Crippen LogP contribution is -2.04. The first kappa shape index (κ1) is 14.1. The SMILES string of the molecule is Cc1nc(-c2cc(F)cc(F)c2)c(C(C)CCN)s1. The van der Waals surface area contributed by atoms with Gasteiger partial charge in [0.1, 0.15) is 11.6 Å². The molecule has 102 valence electrons. The second kappa shape index (κ2) is 5.75. The lowest BCUT2D eigenvalue weighted by atomic mass is 10.0. The van der Waals surface area contributed by atoms with Gasteiger partial charge in [-0.15, -0.1) is 11.3 Å². The molecule has 0 aliphatic rings. The molecule has 2 aromatic rings. The maximum Gasteiger partial charge on any atom is 0.126 e. The maximum absolute atomic E-state index is 13.3. The van der Waals surface area contributed by atoms with Crippen molar-refractivity contribution >= 4 is 11.3 Å². The largest absolute Gasteiger partial charge is 0.330 e. The minimum absolute atomic E-state index is 0.234. The van der Waals surface area contributed by atoms with E-state index in [0.717, 1.165) is 22.4 Å². The van der Waals surface area contributed by atoms with E-state index in [2.05, 4.69) is 11.9 Å². The number of benzene rings is 1. The number of rotatable bonds is 4. The van der Waals surface area contributed by atoms with Crippen molar-refractivity contribution in [3.8, 4) is 11.3 Å². The van der Waals surface area contributed by atoms with Gasteiger partial charge >= 0.3 is 0 Å². The number of nitrogens with two attached hydrogens (primary N) is 1. The van der Waals surface area contributed by atoms with Crippen LogP contribution < -0.4 is 5.73 Å². The first-order valence-corrected chi connectivity index (χ1v) is 6.96. The van der Waals surface area contributed by atoms with Gasteiger partial charge in [0.2, 0.25) is 0 Å². The summed E-state index contributed by atoms with van der Waals surface area (Å²) in [5.41, 5.74) is 6.73. The van der Waals surface area contributed by atoms with E-state index in [1.807, 2.05) is 6.92 Å². The van der Waals surface area contributed by atoms with Crippen LogP contribution in [0.15, 0.2) is 18.2 Å². The second-order valence-electron chi connectivity index (χ2n) is 4.58. The van der Waals surface area contributed by atoms with E-state index in [4.69, 9.17) is 5.73 Å². The first-order valence-electron chi connectivity index (χ1n) is 6.15. The van der Waals surface area contributed by atoms with Crippen LogP contribution in [-0.4, -0.2) is 11.5 Å². The molecule has 0 radical (unpaired) electrons. The molecule has 0 spiro atoms. The predicted molar refractivity (Wildman–Crippen MR) is 74.3 cm³/mol. The molecule has 5 heteroatoms. The van der Waals surface area contributed by atoms with Gasteiger partial charge in [0.05, 0.1) is 10.7 Å². The fraction of sp³-hybridized carbons (Fsp3) is 0.357. The summed E-state index contributed by atoms with van der Waals surface area (Å²) in [6, 6.07) is 3.50. The molecule has 0 aliphatic heterocycles. The fourth-order valence-corrected chi connectivity index (χ4v) is 3.09. The molecule has 1 aromatic carbocycles. The molecule has 1 heterocycles. The van der Waals surface area contributed by atoms with Gasteiger partial charge in [0, 0.05) is 16.5 Å². The van der Waals surface area contributed by atoms with Crippen molar-refractivity contribution in [3.05, 3.63) is 39.7 Å². The summed E-state index contributed by atoms with van der Waals surface area (Å²) >= 11 is 1.56. The Bertz CT molecular complexity index is 561. The standard InChI is InChI=1S/C14H16F2N2S/c1-8(3-4-17)14-13(18-9(2)19-14)10-5-11(15)7-12(16)6-10/h5-8H,3-4,17H2,1-2H3. The van der Waals surface area contributed by atoms with Gasteiger partial charge in [-0.05, 0) is 37.9 Å². The highest BCUT2D eigenvalue weighted by Gasteiger charge is 2.17. The molecule has 2 rings (SSSR count). The molecule has 0 amide bonds. The zero-order valence-electron chi connectivity index (χ0n) is 10.9. The molecule has 1 aromatic heterocycles. The van der Waals surface area contributed by atoms with Gasteiger partial charge in [0.15, 0.2) is 0 Å². The lowest BCUT2D eigenvalue weighted by Gasteiger charge is -2.10. The van der Waals surface area contributed by atoms with Gasteiger partial charge in [-0.1, -0.05) is 6.92 Å². The summed E-state index contributed by atoms with van der Waals surface area (Å²) in [4.78, 5) is 5.45. The van der Waals surface area contributed by atoms with Crippen LogP contribution in [-0.2, 0) is 0 Å². The molecule has 1 unspecified atom stereocenters. The molecule has 0 saturated carbocycles. The Morgan fingerprint density at radius 2 is 1.89 bits per heavy atom. The number of hydrogen-bond acceptors (Lipinski definition) is 3. The van der Waals surface area contributed by atoms with Crippen molar-refractivity contribution in [3.63, 3.8) is 0 Å². The summed E-state index contributed by atoms with van der Waals surface area (Å²) in [5.74, 6) is -0.936. The van der Waals surface area contributed by atoms with Crippen LogP contribution in [0.25, 0.3) is 11.3 Å². The number of halogens is 2. The second-order valence-corrected chi connectivity index (χ2v) is 5.82. The van der Waals surface area contributed by atoms with Crippen LogP contribution in [0.4, 0.5) is 8.78 Å². The maximum atomic E-state index is 13.3.